The van der Waals surface area contributed by atoms with Crippen LogP contribution in [0.5, 0.6) is 0 Å². The molecule has 0 fully saturated rings. The second-order valence-electron chi connectivity index (χ2n) is 0.455. The molecule has 0 atom stereocenters. The van der Waals surface area contributed by atoms with Crippen molar-refractivity contribution in [2.24, 2.45) is 5.90 Å². The summed E-state index contributed by atoms with van der Waals surface area (Å²) in [7, 11) is 0. The molecule has 0 spiro atoms. The van der Waals surface area contributed by atoms with E-state index in [4.69, 9.17) is 0 Å². The van der Waals surface area contributed by atoms with Crippen molar-refractivity contribution in [2.75, 3.05) is 6.61 Å². The molecule has 0 aromatic heterocycles. The molecular formula is C2H7NOPt. The van der Waals surface area contributed by atoms with Gasteiger partial charge in [0.25, 0.3) is 0 Å². The van der Waals surface area contributed by atoms with Crippen LogP contribution in [0.1, 0.15) is 6.92 Å². The Morgan fingerprint density at radius 3 is 2.00 bits per heavy atom. The van der Waals surface area contributed by atoms with E-state index in [1.165, 1.54) is 0 Å². The first-order valence-electron chi connectivity index (χ1n) is 1.23. The standard InChI is InChI=1S/C2H7NO.Pt/c1-2-4-3;/h2-3H2,1H3;. The first-order valence-corrected chi connectivity index (χ1v) is 1.23. The molecule has 3 heteroatoms. The molecule has 0 aliphatic heterocycles. The van der Waals surface area contributed by atoms with Crippen LogP contribution in [0.2, 0.25) is 0 Å². The summed E-state index contributed by atoms with van der Waals surface area (Å²) in [6, 6.07) is 0. The molecule has 0 unspecified atom stereocenters. The molecule has 0 bridgehead atoms. The predicted octanol–water partition coefficient (Wildman–Crippen LogP) is -0.106. The van der Waals surface area contributed by atoms with Crippen LogP contribution in [0.25, 0.3) is 0 Å². The first-order chi connectivity index (χ1) is 1.91. The number of hydrogen-bond acceptors (Lipinski definition) is 2. The Morgan fingerprint density at radius 2 is 2.00 bits per heavy atom. The van der Waals surface area contributed by atoms with E-state index >= 15 is 0 Å². The molecule has 0 amide bonds. The largest absolute Gasteiger partial charge is 0.305 e. The molecule has 36 valence electrons. The third-order valence-electron chi connectivity index (χ3n) is 0.167. The first kappa shape index (κ1) is 9.15. The van der Waals surface area contributed by atoms with Gasteiger partial charge in [-0.15, -0.1) is 0 Å². The van der Waals surface area contributed by atoms with Crippen molar-refractivity contribution in [3.05, 3.63) is 0 Å². The Balaban J connectivity index is 0. The van der Waals surface area contributed by atoms with Gasteiger partial charge in [0.2, 0.25) is 0 Å². The molecule has 5 heavy (non-hydrogen) atoms. The van der Waals surface area contributed by atoms with Gasteiger partial charge < -0.3 is 4.84 Å². The minimum Gasteiger partial charge on any atom is -0.305 e. The van der Waals surface area contributed by atoms with Gasteiger partial charge in [-0.3, -0.25) is 0 Å². The Hall–Kier alpha value is 0.608. The van der Waals surface area contributed by atoms with Crippen molar-refractivity contribution in [1.82, 2.24) is 0 Å². The van der Waals surface area contributed by atoms with E-state index in [0.717, 1.165) is 0 Å². The van der Waals surface area contributed by atoms with Crippen molar-refractivity contribution in [3.63, 3.8) is 0 Å². The Bertz CT molecular complexity index is 11.6. The normalized spacial score (nSPS) is 6.00. The molecule has 0 rings (SSSR count). The van der Waals surface area contributed by atoms with Crippen LogP contribution < -0.4 is 5.90 Å². The van der Waals surface area contributed by atoms with Crippen molar-refractivity contribution < 1.29 is 25.9 Å². The second kappa shape index (κ2) is 8.82. The van der Waals surface area contributed by atoms with Crippen LogP contribution in [0.4, 0.5) is 0 Å². The van der Waals surface area contributed by atoms with Gasteiger partial charge in [-0.25, -0.2) is 5.90 Å². The SMILES string of the molecule is CCON.[Pt]. The van der Waals surface area contributed by atoms with E-state index < -0.39 is 0 Å². The second-order valence-corrected chi connectivity index (χ2v) is 0.455. The van der Waals surface area contributed by atoms with E-state index in [1.54, 1.807) is 0 Å². The van der Waals surface area contributed by atoms with Gasteiger partial charge in [0.05, 0.1) is 6.61 Å². The summed E-state index contributed by atoms with van der Waals surface area (Å²) in [5, 5.41) is 0. The smallest absolute Gasteiger partial charge is 0.0651 e. The van der Waals surface area contributed by atoms with Gasteiger partial charge in [0.1, 0.15) is 0 Å². The zero-order valence-corrected chi connectivity index (χ0v) is 5.28. The summed E-state index contributed by atoms with van der Waals surface area (Å²) >= 11 is 0. The number of nitrogens with two attached hydrogens (primary N) is 1. The molecule has 2 N–H and O–H groups in total. The maximum absolute atomic E-state index is 4.53. The fourth-order valence-corrected chi connectivity index (χ4v) is 0. The molecule has 0 aromatic carbocycles. The molecule has 0 aliphatic rings. The molecule has 0 radical (unpaired) electrons. The zero-order valence-electron chi connectivity index (χ0n) is 3.01. The molecule has 2 nitrogen and oxygen atoms in total. The van der Waals surface area contributed by atoms with Gasteiger partial charge in [-0.1, -0.05) is 0 Å². The van der Waals surface area contributed by atoms with Gasteiger partial charge >= 0.3 is 0 Å². The van der Waals surface area contributed by atoms with E-state index in [2.05, 4.69) is 10.7 Å². The van der Waals surface area contributed by atoms with E-state index in [0.29, 0.717) is 6.61 Å². The fourth-order valence-electron chi connectivity index (χ4n) is 0. The topological polar surface area (TPSA) is 35.2 Å². The van der Waals surface area contributed by atoms with Gasteiger partial charge in [-0.2, -0.15) is 0 Å². The van der Waals surface area contributed by atoms with Gasteiger partial charge in [0.15, 0.2) is 0 Å². The molecule has 0 saturated heterocycles. The van der Waals surface area contributed by atoms with Crippen LogP contribution in [-0.2, 0) is 25.9 Å². The number of rotatable bonds is 1. The summed E-state index contributed by atoms with van der Waals surface area (Å²) < 4.78 is 0. The summed E-state index contributed by atoms with van der Waals surface area (Å²) in [6.45, 7) is 2.43. The van der Waals surface area contributed by atoms with Crippen LogP contribution in [0.15, 0.2) is 0 Å². The monoisotopic (exact) mass is 256 g/mol. The van der Waals surface area contributed by atoms with E-state index in [-0.39, 0.29) is 21.1 Å². The third-order valence-corrected chi connectivity index (χ3v) is 0.167. The maximum atomic E-state index is 4.53. The van der Waals surface area contributed by atoms with Gasteiger partial charge in [-0.05, 0) is 6.92 Å². The van der Waals surface area contributed by atoms with E-state index in [1.807, 2.05) is 6.92 Å². The Kier molecular flexibility index (Phi) is 16.1. The van der Waals surface area contributed by atoms with Crippen LogP contribution >= 0.6 is 0 Å². The summed E-state index contributed by atoms with van der Waals surface area (Å²) in [5.74, 6) is 4.53. The average Bonchev–Trinajstić information content (AvgIpc) is 1.37. The van der Waals surface area contributed by atoms with Crippen LogP contribution in [0, 0.1) is 0 Å². The van der Waals surface area contributed by atoms with Gasteiger partial charge in [0, 0.05) is 21.1 Å². The zero-order chi connectivity index (χ0) is 3.41. The van der Waals surface area contributed by atoms with Crippen molar-refractivity contribution in [1.29, 1.82) is 0 Å². The van der Waals surface area contributed by atoms with E-state index in [9.17, 15) is 0 Å². The fraction of sp³-hybridized carbons (Fsp3) is 1.00. The Morgan fingerprint density at radius 1 is 1.80 bits per heavy atom. The summed E-state index contributed by atoms with van der Waals surface area (Å²) in [4.78, 5) is 4.04. The van der Waals surface area contributed by atoms with Crippen molar-refractivity contribution in [3.8, 4) is 0 Å². The Labute approximate surface area is 45.9 Å². The van der Waals surface area contributed by atoms with Crippen molar-refractivity contribution >= 4 is 0 Å². The predicted molar refractivity (Wildman–Crippen MR) is 15.8 cm³/mol. The van der Waals surface area contributed by atoms with Crippen LogP contribution in [-0.4, -0.2) is 6.61 Å². The molecule has 0 saturated carbocycles. The molecule has 0 heterocycles. The number of hydrogen-bond donors (Lipinski definition) is 1. The van der Waals surface area contributed by atoms with Crippen molar-refractivity contribution in [2.45, 2.75) is 6.92 Å². The maximum Gasteiger partial charge on any atom is 0.0651 e. The third kappa shape index (κ3) is 12.1. The summed E-state index contributed by atoms with van der Waals surface area (Å²) in [6.07, 6.45) is 0. The minimum absolute atomic E-state index is 0. The molecule has 0 aromatic rings. The van der Waals surface area contributed by atoms with Crippen LogP contribution in [0.3, 0.4) is 0 Å². The molecule has 0 aliphatic carbocycles. The average molecular weight is 256 g/mol. The minimum atomic E-state index is 0. The molecular weight excluding hydrogens is 249 g/mol. The quantitative estimate of drug-likeness (QED) is 0.665. The summed E-state index contributed by atoms with van der Waals surface area (Å²) in [5.41, 5.74) is 0.